The Morgan fingerprint density at radius 1 is 0.773 bits per heavy atom. The molecule has 0 fully saturated rings. The lowest BCUT2D eigenvalue weighted by atomic mass is 10.2. The van der Waals surface area contributed by atoms with E-state index in [2.05, 4.69) is 19.6 Å². The number of fused-ring (bicyclic) bond motifs is 2. The molecule has 0 saturated carbocycles. The van der Waals surface area contributed by atoms with Crippen LogP contribution in [-0.2, 0) is 0 Å². The summed E-state index contributed by atoms with van der Waals surface area (Å²) in [6, 6.07) is 10.7. The summed E-state index contributed by atoms with van der Waals surface area (Å²) in [7, 11) is 0. The van der Waals surface area contributed by atoms with Gasteiger partial charge in [-0.25, -0.2) is 0 Å². The number of aryl methyl sites for hydroxylation is 2. The van der Waals surface area contributed by atoms with Crippen molar-refractivity contribution >= 4 is 22.1 Å². The van der Waals surface area contributed by atoms with Crippen LogP contribution >= 0.6 is 0 Å². The molecule has 0 aliphatic heterocycles. The molecule has 22 heavy (non-hydrogen) atoms. The fourth-order valence-electron chi connectivity index (χ4n) is 1.97. The molecule has 2 aromatic carbocycles. The van der Waals surface area contributed by atoms with Crippen LogP contribution in [-0.4, -0.2) is 10.3 Å². The smallest absolute Gasteiger partial charge is 0.248 e. The van der Waals surface area contributed by atoms with Gasteiger partial charge in [0.2, 0.25) is 22.1 Å². The first-order valence-corrected chi connectivity index (χ1v) is 6.47. The topological polar surface area (TPSA) is 106 Å². The van der Waals surface area contributed by atoms with Crippen molar-refractivity contribution in [3.63, 3.8) is 0 Å². The fourth-order valence-corrected chi connectivity index (χ4v) is 1.97. The average molecular weight is 300 g/mol. The van der Waals surface area contributed by atoms with Crippen molar-refractivity contribution < 1.29 is 19.1 Å². The zero-order valence-corrected chi connectivity index (χ0v) is 11.9. The van der Waals surface area contributed by atoms with E-state index in [9.17, 15) is 10.4 Å². The molecule has 0 unspecified atom stereocenters. The molecule has 0 bridgehead atoms. The minimum Gasteiger partial charge on any atom is -0.359 e. The van der Waals surface area contributed by atoms with Gasteiger partial charge in [-0.15, -0.1) is 0 Å². The molecule has 8 nitrogen and oxygen atoms in total. The Bertz CT molecular complexity index is 944. The van der Waals surface area contributed by atoms with E-state index in [1.807, 2.05) is 26.0 Å². The van der Waals surface area contributed by atoms with Crippen LogP contribution in [0, 0.1) is 24.3 Å². The number of nitrogens with zero attached hydrogens (tertiary/aromatic N) is 4. The highest BCUT2D eigenvalue weighted by Crippen LogP contribution is 2.09. The third-order valence-corrected chi connectivity index (χ3v) is 3.08. The van der Waals surface area contributed by atoms with Gasteiger partial charge in [0.1, 0.15) is 0 Å². The van der Waals surface area contributed by atoms with Gasteiger partial charge in [0.15, 0.2) is 0 Å². The lowest BCUT2D eigenvalue weighted by Gasteiger charge is -1.87. The summed E-state index contributed by atoms with van der Waals surface area (Å²) < 4.78 is 8.76. The SMILES string of the molecule is Cc1ccc2c(c1)no[n+]2[O-].Cc1ccc2no[n+]([O-])c2c1. The van der Waals surface area contributed by atoms with Gasteiger partial charge >= 0.3 is 0 Å². The van der Waals surface area contributed by atoms with E-state index in [0.29, 0.717) is 31.9 Å². The summed E-state index contributed by atoms with van der Waals surface area (Å²) in [5.41, 5.74) is 4.21. The number of aromatic nitrogens is 4. The van der Waals surface area contributed by atoms with E-state index >= 15 is 0 Å². The standard InChI is InChI=1S/2C7H6N2O2/c1-5-2-3-7-6(4-5)8-11-9(7)10;1-5-2-3-6-7(4-5)9(10)11-8-6/h2*2-4H,1H3. The normalized spacial score (nSPS) is 10.6. The van der Waals surface area contributed by atoms with E-state index in [4.69, 9.17) is 0 Å². The maximum atomic E-state index is 10.8. The first-order valence-electron chi connectivity index (χ1n) is 6.47. The molecule has 4 rings (SSSR count). The first-order chi connectivity index (χ1) is 10.5. The molecule has 0 atom stereocenters. The third kappa shape index (κ3) is 2.53. The molecule has 0 radical (unpaired) electrons. The van der Waals surface area contributed by atoms with Crippen LogP contribution in [0.5, 0.6) is 0 Å². The Kier molecular flexibility index (Phi) is 3.34. The minimum atomic E-state index is 0.398. The largest absolute Gasteiger partial charge is 0.359 e. The van der Waals surface area contributed by atoms with E-state index in [0.717, 1.165) is 11.1 Å². The zero-order chi connectivity index (χ0) is 15.7. The zero-order valence-electron chi connectivity index (χ0n) is 11.9. The van der Waals surface area contributed by atoms with E-state index in [-0.39, 0.29) is 0 Å². The van der Waals surface area contributed by atoms with Crippen molar-refractivity contribution in [1.29, 1.82) is 0 Å². The van der Waals surface area contributed by atoms with Crippen molar-refractivity contribution in [2.24, 2.45) is 0 Å². The van der Waals surface area contributed by atoms with Crippen LogP contribution in [0.4, 0.5) is 0 Å². The molecule has 0 aliphatic carbocycles. The molecule has 0 saturated heterocycles. The summed E-state index contributed by atoms with van der Waals surface area (Å²) in [4.78, 5) is 0.803. The van der Waals surface area contributed by atoms with Gasteiger partial charge in [0.25, 0.3) is 0 Å². The summed E-state index contributed by atoms with van der Waals surface area (Å²) >= 11 is 0. The van der Waals surface area contributed by atoms with Gasteiger partial charge in [-0.1, -0.05) is 12.1 Å². The second-order valence-electron chi connectivity index (χ2n) is 4.84. The van der Waals surface area contributed by atoms with Crippen LogP contribution in [0.2, 0.25) is 0 Å². The quantitative estimate of drug-likeness (QED) is 0.456. The Balaban J connectivity index is 0.000000131. The van der Waals surface area contributed by atoms with Gasteiger partial charge in [0.05, 0.1) is 0 Å². The maximum Gasteiger partial charge on any atom is 0.248 e. The van der Waals surface area contributed by atoms with Gasteiger partial charge in [-0.2, -0.15) is 0 Å². The Morgan fingerprint density at radius 3 is 2.14 bits per heavy atom. The van der Waals surface area contributed by atoms with Crippen molar-refractivity contribution in [2.45, 2.75) is 13.8 Å². The Morgan fingerprint density at radius 2 is 1.36 bits per heavy atom. The highest BCUT2D eigenvalue weighted by Gasteiger charge is 2.07. The number of rotatable bonds is 0. The lowest BCUT2D eigenvalue weighted by molar-refractivity contribution is -0.782. The molecule has 4 aromatic rings. The molecule has 0 spiro atoms. The second-order valence-corrected chi connectivity index (χ2v) is 4.84. The highest BCUT2D eigenvalue weighted by molar-refractivity contribution is 5.71. The second kappa shape index (κ2) is 5.32. The molecule has 8 heteroatoms. The van der Waals surface area contributed by atoms with Gasteiger partial charge in [0, 0.05) is 10.3 Å². The van der Waals surface area contributed by atoms with Crippen LogP contribution < -0.4 is 9.81 Å². The predicted octanol–water partition coefficient (Wildman–Crippen LogP) is 1.54. The van der Waals surface area contributed by atoms with Crippen LogP contribution in [0.15, 0.2) is 45.7 Å². The Labute approximate surface area is 124 Å². The van der Waals surface area contributed by atoms with E-state index in [1.54, 1.807) is 24.3 Å². The van der Waals surface area contributed by atoms with Crippen LogP contribution in [0.25, 0.3) is 22.1 Å². The Hall–Kier alpha value is -3.16. The highest BCUT2D eigenvalue weighted by atomic mass is 16.8. The number of hydrogen-bond acceptors (Lipinski definition) is 6. The molecular formula is C14H12N4O4. The van der Waals surface area contributed by atoms with Crippen molar-refractivity contribution in [2.75, 3.05) is 0 Å². The molecule has 112 valence electrons. The maximum absolute atomic E-state index is 10.8. The summed E-state index contributed by atoms with van der Waals surface area (Å²) in [5, 5.41) is 28.7. The van der Waals surface area contributed by atoms with Crippen molar-refractivity contribution in [3.8, 4) is 0 Å². The van der Waals surface area contributed by atoms with E-state index < -0.39 is 0 Å². The molecule has 0 amide bonds. The number of benzene rings is 2. The van der Waals surface area contributed by atoms with Crippen LogP contribution in [0.1, 0.15) is 11.1 Å². The predicted molar refractivity (Wildman–Crippen MR) is 75.4 cm³/mol. The molecule has 2 aromatic heterocycles. The summed E-state index contributed by atoms with van der Waals surface area (Å²) in [6.07, 6.45) is 0. The van der Waals surface area contributed by atoms with Crippen molar-refractivity contribution in [3.05, 3.63) is 57.9 Å². The fraction of sp³-hybridized carbons (Fsp3) is 0.143. The first kappa shape index (κ1) is 13.8. The van der Waals surface area contributed by atoms with Gasteiger partial charge < -0.3 is 10.4 Å². The molecule has 0 aliphatic rings. The van der Waals surface area contributed by atoms with Gasteiger partial charge in [-0.3, -0.25) is 9.26 Å². The third-order valence-electron chi connectivity index (χ3n) is 3.08. The minimum absolute atomic E-state index is 0.398. The monoisotopic (exact) mass is 300 g/mol. The summed E-state index contributed by atoms with van der Waals surface area (Å²) in [6.45, 7) is 3.84. The molecular weight excluding hydrogens is 288 g/mol. The lowest BCUT2D eigenvalue weighted by Crippen LogP contribution is -2.22. The molecule has 2 heterocycles. The average Bonchev–Trinajstić information content (AvgIpc) is 3.04. The van der Waals surface area contributed by atoms with Gasteiger partial charge in [-0.05, 0) is 59.0 Å². The van der Waals surface area contributed by atoms with E-state index in [1.165, 1.54) is 0 Å². The molecule has 0 N–H and O–H groups in total. The number of hydrogen-bond donors (Lipinski definition) is 0. The van der Waals surface area contributed by atoms with Crippen LogP contribution in [0.3, 0.4) is 0 Å². The summed E-state index contributed by atoms with van der Waals surface area (Å²) in [5.74, 6) is 0. The van der Waals surface area contributed by atoms with Crippen molar-refractivity contribution in [1.82, 2.24) is 10.3 Å².